The SMILES string of the molecule is Cc1ccccc1NC1=C(c2ccc(F)cc2)C(=O)N(CC(C)C)C1=O. The molecule has 2 amide bonds. The Kier molecular flexibility index (Phi) is 4.89. The summed E-state index contributed by atoms with van der Waals surface area (Å²) in [5, 5.41) is 3.13. The number of hydrogen-bond acceptors (Lipinski definition) is 3. The smallest absolute Gasteiger partial charge is 0.278 e. The Labute approximate surface area is 152 Å². The molecule has 1 aliphatic heterocycles. The number of benzene rings is 2. The lowest BCUT2D eigenvalue weighted by Gasteiger charge is -2.17. The Balaban J connectivity index is 2.08. The molecule has 0 saturated heterocycles. The van der Waals surface area contributed by atoms with Crippen LogP contribution >= 0.6 is 0 Å². The number of nitrogens with zero attached hydrogens (tertiary/aromatic N) is 1. The number of para-hydroxylation sites is 1. The zero-order valence-electron chi connectivity index (χ0n) is 15.0. The predicted molar refractivity (Wildman–Crippen MR) is 99.7 cm³/mol. The Morgan fingerprint density at radius 2 is 1.65 bits per heavy atom. The van der Waals surface area contributed by atoms with Crippen molar-refractivity contribution in [3.63, 3.8) is 0 Å². The number of hydrogen-bond donors (Lipinski definition) is 1. The van der Waals surface area contributed by atoms with Crippen LogP contribution in [-0.2, 0) is 9.59 Å². The summed E-state index contributed by atoms with van der Waals surface area (Å²) in [6.07, 6.45) is 0. The molecule has 134 valence electrons. The number of amides is 2. The summed E-state index contributed by atoms with van der Waals surface area (Å²) in [7, 11) is 0. The van der Waals surface area contributed by atoms with Gasteiger partial charge >= 0.3 is 0 Å². The van der Waals surface area contributed by atoms with Gasteiger partial charge < -0.3 is 5.32 Å². The molecule has 0 aromatic heterocycles. The second-order valence-electron chi connectivity index (χ2n) is 6.81. The minimum absolute atomic E-state index is 0.148. The molecule has 2 aromatic rings. The Bertz CT molecular complexity index is 885. The summed E-state index contributed by atoms with van der Waals surface area (Å²) in [5.41, 5.74) is 2.75. The van der Waals surface area contributed by atoms with E-state index in [1.54, 1.807) is 0 Å². The van der Waals surface area contributed by atoms with Gasteiger partial charge in [-0.2, -0.15) is 0 Å². The zero-order valence-corrected chi connectivity index (χ0v) is 15.0. The number of rotatable bonds is 5. The first-order valence-electron chi connectivity index (χ1n) is 8.57. The molecule has 4 nitrogen and oxygen atoms in total. The number of imide groups is 1. The van der Waals surface area contributed by atoms with Crippen LogP contribution < -0.4 is 5.32 Å². The lowest BCUT2D eigenvalue weighted by atomic mass is 10.0. The quantitative estimate of drug-likeness (QED) is 0.828. The van der Waals surface area contributed by atoms with E-state index >= 15 is 0 Å². The maximum absolute atomic E-state index is 13.3. The average Bonchev–Trinajstić information content (AvgIpc) is 2.82. The van der Waals surface area contributed by atoms with E-state index in [0.29, 0.717) is 12.1 Å². The van der Waals surface area contributed by atoms with E-state index in [-0.39, 0.29) is 29.0 Å². The molecule has 0 bridgehead atoms. The summed E-state index contributed by atoms with van der Waals surface area (Å²) in [6.45, 7) is 6.16. The predicted octanol–water partition coefficient (Wildman–Crippen LogP) is 3.98. The second-order valence-corrected chi connectivity index (χ2v) is 6.81. The van der Waals surface area contributed by atoms with Crippen LogP contribution in [0.2, 0.25) is 0 Å². The summed E-state index contributed by atoms with van der Waals surface area (Å²) >= 11 is 0. The molecule has 0 radical (unpaired) electrons. The van der Waals surface area contributed by atoms with Crippen LogP contribution in [0.25, 0.3) is 5.57 Å². The third kappa shape index (κ3) is 3.38. The van der Waals surface area contributed by atoms with E-state index in [4.69, 9.17) is 0 Å². The third-order valence-electron chi connectivity index (χ3n) is 4.25. The number of halogens is 1. The molecule has 1 N–H and O–H groups in total. The summed E-state index contributed by atoms with van der Waals surface area (Å²) < 4.78 is 13.3. The van der Waals surface area contributed by atoms with Gasteiger partial charge in [0.1, 0.15) is 11.5 Å². The molecule has 1 heterocycles. The number of aryl methyl sites for hydroxylation is 1. The number of nitrogens with one attached hydrogen (secondary N) is 1. The molecule has 0 atom stereocenters. The van der Waals surface area contributed by atoms with Crippen LogP contribution in [0.15, 0.2) is 54.2 Å². The van der Waals surface area contributed by atoms with Crippen LogP contribution in [0.3, 0.4) is 0 Å². The highest BCUT2D eigenvalue weighted by molar-refractivity contribution is 6.36. The van der Waals surface area contributed by atoms with Gasteiger partial charge in [0.2, 0.25) is 0 Å². The van der Waals surface area contributed by atoms with Gasteiger partial charge in [-0.1, -0.05) is 44.2 Å². The average molecular weight is 352 g/mol. The van der Waals surface area contributed by atoms with Crippen molar-refractivity contribution < 1.29 is 14.0 Å². The fraction of sp³-hybridized carbons (Fsp3) is 0.238. The molecule has 3 rings (SSSR count). The number of anilines is 1. The van der Waals surface area contributed by atoms with Crippen molar-refractivity contribution in [2.75, 3.05) is 11.9 Å². The molecule has 1 aliphatic rings. The molecule has 26 heavy (non-hydrogen) atoms. The lowest BCUT2D eigenvalue weighted by Crippen LogP contribution is -2.35. The zero-order chi connectivity index (χ0) is 18.8. The Morgan fingerprint density at radius 3 is 2.27 bits per heavy atom. The summed E-state index contributed by atoms with van der Waals surface area (Å²) in [5.74, 6) is -0.952. The van der Waals surface area contributed by atoms with E-state index in [1.165, 1.54) is 29.2 Å². The summed E-state index contributed by atoms with van der Waals surface area (Å²) in [4.78, 5) is 27.1. The largest absolute Gasteiger partial charge is 0.350 e. The second kappa shape index (κ2) is 7.12. The van der Waals surface area contributed by atoms with Crippen molar-refractivity contribution in [2.45, 2.75) is 20.8 Å². The van der Waals surface area contributed by atoms with Gasteiger partial charge in [-0.05, 0) is 42.2 Å². The van der Waals surface area contributed by atoms with E-state index < -0.39 is 5.82 Å². The first-order chi connectivity index (χ1) is 12.4. The highest BCUT2D eigenvalue weighted by Gasteiger charge is 2.39. The van der Waals surface area contributed by atoms with Crippen LogP contribution in [0.5, 0.6) is 0 Å². The van der Waals surface area contributed by atoms with Gasteiger partial charge in [0.15, 0.2) is 0 Å². The minimum atomic E-state index is -0.390. The topological polar surface area (TPSA) is 49.4 Å². The molecule has 5 heteroatoms. The normalized spacial score (nSPS) is 14.6. The maximum Gasteiger partial charge on any atom is 0.278 e. The first kappa shape index (κ1) is 17.9. The standard InChI is InChI=1S/C21H21FN2O2/c1-13(2)12-24-20(25)18(15-8-10-16(22)11-9-15)19(21(24)26)23-17-7-5-4-6-14(17)3/h4-11,13,23H,12H2,1-3H3. The maximum atomic E-state index is 13.3. The lowest BCUT2D eigenvalue weighted by molar-refractivity contribution is -0.137. The van der Waals surface area contributed by atoms with Crippen molar-refractivity contribution in [2.24, 2.45) is 5.92 Å². The van der Waals surface area contributed by atoms with Gasteiger partial charge in [-0.25, -0.2) is 4.39 Å². The van der Waals surface area contributed by atoms with E-state index in [2.05, 4.69) is 5.32 Å². The van der Waals surface area contributed by atoms with E-state index in [9.17, 15) is 14.0 Å². The molecule has 0 unspecified atom stereocenters. The van der Waals surface area contributed by atoms with E-state index in [0.717, 1.165) is 11.3 Å². The van der Waals surface area contributed by atoms with Crippen molar-refractivity contribution in [1.29, 1.82) is 0 Å². The molecule has 0 aliphatic carbocycles. The molecular formula is C21H21FN2O2. The van der Waals surface area contributed by atoms with Gasteiger partial charge in [0.25, 0.3) is 11.8 Å². The molecule has 0 saturated carbocycles. The Morgan fingerprint density at radius 1 is 1.00 bits per heavy atom. The van der Waals surface area contributed by atoms with Gasteiger partial charge in [-0.3, -0.25) is 14.5 Å². The van der Waals surface area contributed by atoms with Gasteiger partial charge in [0.05, 0.1) is 5.57 Å². The van der Waals surface area contributed by atoms with Crippen molar-refractivity contribution in [3.8, 4) is 0 Å². The van der Waals surface area contributed by atoms with Crippen molar-refractivity contribution in [1.82, 2.24) is 4.90 Å². The molecule has 0 fully saturated rings. The summed E-state index contributed by atoms with van der Waals surface area (Å²) in [6, 6.07) is 13.2. The first-order valence-corrected chi connectivity index (χ1v) is 8.57. The van der Waals surface area contributed by atoms with Crippen molar-refractivity contribution >= 4 is 23.1 Å². The van der Waals surface area contributed by atoms with E-state index in [1.807, 2.05) is 45.0 Å². The van der Waals surface area contributed by atoms with Crippen LogP contribution in [0.4, 0.5) is 10.1 Å². The molecule has 0 spiro atoms. The highest BCUT2D eigenvalue weighted by atomic mass is 19.1. The fourth-order valence-corrected chi connectivity index (χ4v) is 2.96. The number of carbonyl (C=O) groups is 2. The monoisotopic (exact) mass is 352 g/mol. The Hall–Kier alpha value is -2.95. The van der Waals surface area contributed by atoms with Crippen molar-refractivity contribution in [3.05, 3.63) is 71.2 Å². The van der Waals surface area contributed by atoms with Crippen LogP contribution in [-0.4, -0.2) is 23.3 Å². The third-order valence-corrected chi connectivity index (χ3v) is 4.25. The molecule has 2 aromatic carbocycles. The number of carbonyl (C=O) groups excluding carboxylic acids is 2. The minimum Gasteiger partial charge on any atom is -0.350 e. The molecular weight excluding hydrogens is 331 g/mol. The van der Waals surface area contributed by atoms with Crippen LogP contribution in [0, 0.1) is 18.7 Å². The van der Waals surface area contributed by atoms with Gasteiger partial charge in [0, 0.05) is 12.2 Å². The fourth-order valence-electron chi connectivity index (χ4n) is 2.96. The highest BCUT2D eigenvalue weighted by Crippen LogP contribution is 2.31. The van der Waals surface area contributed by atoms with Crippen LogP contribution in [0.1, 0.15) is 25.0 Å². The van der Waals surface area contributed by atoms with Gasteiger partial charge in [-0.15, -0.1) is 0 Å².